The topological polar surface area (TPSA) is 78.3 Å². The Bertz CT molecular complexity index is 760. The number of thiazole rings is 1. The maximum Gasteiger partial charge on any atom is 0.185 e. The van der Waals surface area contributed by atoms with E-state index in [4.69, 9.17) is 14.9 Å². The van der Waals surface area contributed by atoms with Crippen molar-refractivity contribution in [1.29, 1.82) is 0 Å². The summed E-state index contributed by atoms with van der Waals surface area (Å²) in [6.45, 7) is 0. The third-order valence-electron chi connectivity index (χ3n) is 2.72. The fraction of sp³-hybridized carbons (Fsp3) is 0.0769. The molecule has 2 heterocycles. The van der Waals surface area contributed by atoms with Crippen LogP contribution in [0.1, 0.15) is 10.6 Å². The quantitative estimate of drug-likeness (QED) is 0.743. The molecule has 5 nitrogen and oxygen atoms in total. The minimum absolute atomic E-state index is 0.290. The van der Waals surface area contributed by atoms with E-state index in [1.165, 1.54) is 11.3 Å². The van der Waals surface area contributed by atoms with Crippen LogP contribution in [-0.2, 0) is 0 Å². The third-order valence-corrected chi connectivity index (χ3v) is 3.56. The second kappa shape index (κ2) is 4.40. The molecule has 0 spiro atoms. The third kappa shape index (κ3) is 1.96. The molecule has 2 aromatic heterocycles. The number of hydrogen-bond acceptors (Lipinski definition) is 6. The molecule has 0 aliphatic carbocycles. The largest absolute Gasteiger partial charge is 0.494 e. The highest BCUT2D eigenvalue weighted by Crippen LogP contribution is 2.36. The van der Waals surface area contributed by atoms with Gasteiger partial charge >= 0.3 is 0 Å². The summed E-state index contributed by atoms with van der Waals surface area (Å²) in [5, 5.41) is 0.485. The van der Waals surface area contributed by atoms with Crippen LogP contribution in [0.2, 0.25) is 0 Å². The first-order valence-corrected chi connectivity index (χ1v) is 6.32. The van der Waals surface area contributed by atoms with Crippen LogP contribution in [0, 0.1) is 0 Å². The van der Waals surface area contributed by atoms with E-state index in [-0.39, 0.29) is 5.76 Å². The molecule has 6 heteroatoms. The zero-order chi connectivity index (χ0) is 13.4. The molecule has 96 valence electrons. The number of aldehydes is 1. The van der Waals surface area contributed by atoms with Crippen molar-refractivity contribution in [1.82, 2.24) is 4.98 Å². The molecule has 0 unspecified atom stereocenters. The lowest BCUT2D eigenvalue weighted by molar-refractivity contribution is 0.110. The van der Waals surface area contributed by atoms with Gasteiger partial charge in [-0.25, -0.2) is 4.98 Å². The number of nitrogens with zero attached hydrogens (tertiary/aromatic N) is 1. The summed E-state index contributed by atoms with van der Waals surface area (Å²) >= 11 is 1.38. The van der Waals surface area contributed by atoms with Gasteiger partial charge in [-0.05, 0) is 24.3 Å². The summed E-state index contributed by atoms with van der Waals surface area (Å²) < 4.78 is 11.6. The SMILES string of the molecule is COc1cc(-c2ccc(C=O)o2)cc2sc(N)nc12. The fourth-order valence-corrected chi connectivity index (χ4v) is 2.68. The van der Waals surface area contributed by atoms with Crippen molar-refractivity contribution in [2.24, 2.45) is 0 Å². The van der Waals surface area contributed by atoms with Crippen LogP contribution in [-0.4, -0.2) is 18.4 Å². The molecule has 0 saturated carbocycles. The van der Waals surface area contributed by atoms with Crippen molar-refractivity contribution < 1.29 is 13.9 Å². The fourth-order valence-electron chi connectivity index (χ4n) is 1.89. The number of methoxy groups -OCH3 is 1. The Hall–Kier alpha value is -2.34. The molecule has 1 aromatic carbocycles. The summed E-state index contributed by atoms with van der Waals surface area (Å²) in [4.78, 5) is 14.9. The second-order valence-corrected chi connectivity index (χ2v) is 4.96. The molecule has 0 fully saturated rings. The van der Waals surface area contributed by atoms with Crippen LogP contribution >= 0.6 is 11.3 Å². The Balaban J connectivity index is 2.20. The lowest BCUT2D eigenvalue weighted by Crippen LogP contribution is -1.86. The van der Waals surface area contributed by atoms with Gasteiger partial charge in [-0.1, -0.05) is 11.3 Å². The molecule has 0 bridgehead atoms. The van der Waals surface area contributed by atoms with Crippen molar-refractivity contribution in [2.75, 3.05) is 12.8 Å². The zero-order valence-electron chi connectivity index (χ0n) is 10.0. The Morgan fingerprint density at radius 2 is 2.26 bits per heavy atom. The molecule has 3 rings (SSSR count). The highest BCUT2D eigenvalue weighted by Gasteiger charge is 2.12. The van der Waals surface area contributed by atoms with E-state index in [9.17, 15) is 4.79 Å². The van der Waals surface area contributed by atoms with E-state index in [2.05, 4.69) is 4.98 Å². The van der Waals surface area contributed by atoms with Gasteiger partial charge in [-0.2, -0.15) is 0 Å². The average molecular weight is 274 g/mol. The number of furan rings is 1. The number of anilines is 1. The number of carbonyl (C=O) groups is 1. The van der Waals surface area contributed by atoms with Crippen LogP contribution in [0.25, 0.3) is 21.5 Å². The molecule has 3 aromatic rings. The molecule has 0 aliphatic rings. The van der Waals surface area contributed by atoms with Crippen LogP contribution < -0.4 is 10.5 Å². The predicted molar refractivity (Wildman–Crippen MR) is 73.7 cm³/mol. The van der Waals surface area contributed by atoms with Gasteiger partial charge in [0.05, 0.1) is 11.8 Å². The maximum atomic E-state index is 10.6. The van der Waals surface area contributed by atoms with E-state index >= 15 is 0 Å². The van der Waals surface area contributed by atoms with Crippen molar-refractivity contribution >= 4 is 33.0 Å². The van der Waals surface area contributed by atoms with E-state index < -0.39 is 0 Å². The van der Waals surface area contributed by atoms with Crippen molar-refractivity contribution in [3.8, 4) is 17.1 Å². The first kappa shape index (κ1) is 11.7. The summed E-state index contributed by atoms with van der Waals surface area (Å²) in [5.41, 5.74) is 7.26. The Morgan fingerprint density at radius 1 is 1.42 bits per heavy atom. The number of carbonyl (C=O) groups excluding carboxylic acids is 1. The highest BCUT2D eigenvalue weighted by molar-refractivity contribution is 7.22. The number of nitrogens with two attached hydrogens (primary N) is 1. The smallest absolute Gasteiger partial charge is 0.185 e. The summed E-state index contributed by atoms with van der Waals surface area (Å²) in [6, 6.07) is 7.10. The minimum atomic E-state index is 0.290. The van der Waals surface area contributed by atoms with Gasteiger partial charge in [-0.3, -0.25) is 4.79 Å². The first-order chi connectivity index (χ1) is 9.21. The monoisotopic (exact) mass is 274 g/mol. The average Bonchev–Trinajstić information content (AvgIpc) is 3.02. The summed E-state index contributed by atoms with van der Waals surface area (Å²) in [5.74, 6) is 1.52. The molecule has 0 radical (unpaired) electrons. The summed E-state index contributed by atoms with van der Waals surface area (Å²) in [6.07, 6.45) is 0.671. The number of ether oxygens (including phenoxy) is 1. The normalized spacial score (nSPS) is 10.8. The van der Waals surface area contributed by atoms with Gasteiger partial charge in [0.2, 0.25) is 0 Å². The number of rotatable bonds is 3. The van der Waals surface area contributed by atoms with Gasteiger partial charge in [0.25, 0.3) is 0 Å². The van der Waals surface area contributed by atoms with Crippen LogP contribution in [0.15, 0.2) is 28.7 Å². The molecule has 2 N–H and O–H groups in total. The van der Waals surface area contributed by atoms with Crippen molar-refractivity contribution in [2.45, 2.75) is 0 Å². The first-order valence-electron chi connectivity index (χ1n) is 5.50. The standard InChI is InChI=1S/C13H10N2O3S/c1-17-10-4-7(9-3-2-8(6-16)18-9)5-11-12(10)15-13(14)19-11/h2-6H,1H3,(H2,14,15). The number of nitrogen functional groups attached to an aromatic ring is 1. The van der Waals surface area contributed by atoms with Gasteiger partial charge in [0.1, 0.15) is 17.0 Å². The minimum Gasteiger partial charge on any atom is -0.494 e. The predicted octanol–water partition coefficient (Wildman–Crippen LogP) is 2.96. The molecule has 19 heavy (non-hydrogen) atoms. The molecular weight excluding hydrogens is 264 g/mol. The van der Waals surface area contributed by atoms with E-state index in [0.29, 0.717) is 22.9 Å². The van der Waals surface area contributed by atoms with E-state index in [1.807, 2.05) is 12.1 Å². The molecular formula is C13H10N2O3S. The van der Waals surface area contributed by atoms with Gasteiger partial charge < -0.3 is 14.9 Å². The van der Waals surface area contributed by atoms with E-state index in [1.54, 1.807) is 19.2 Å². The Kier molecular flexibility index (Phi) is 2.72. The molecule has 0 aliphatic heterocycles. The molecule has 0 atom stereocenters. The lowest BCUT2D eigenvalue weighted by Gasteiger charge is -2.03. The van der Waals surface area contributed by atoms with Crippen LogP contribution in [0.5, 0.6) is 5.75 Å². The van der Waals surface area contributed by atoms with Crippen LogP contribution in [0.4, 0.5) is 5.13 Å². The highest BCUT2D eigenvalue weighted by atomic mass is 32.1. The van der Waals surface area contributed by atoms with Gasteiger partial charge in [0, 0.05) is 5.56 Å². The maximum absolute atomic E-state index is 10.6. The van der Waals surface area contributed by atoms with Gasteiger partial charge in [0.15, 0.2) is 17.2 Å². The number of benzene rings is 1. The number of hydrogen-bond donors (Lipinski definition) is 1. The van der Waals surface area contributed by atoms with Crippen LogP contribution in [0.3, 0.4) is 0 Å². The Labute approximate surface area is 112 Å². The summed E-state index contributed by atoms with van der Waals surface area (Å²) in [7, 11) is 1.58. The Morgan fingerprint density at radius 3 is 2.95 bits per heavy atom. The lowest BCUT2D eigenvalue weighted by atomic mass is 10.1. The van der Waals surface area contributed by atoms with Crippen molar-refractivity contribution in [3.05, 3.63) is 30.0 Å². The molecule has 0 amide bonds. The van der Waals surface area contributed by atoms with E-state index in [0.717, 1.165) is 15.8 Å². The van der Waals surface area contributed by atoms with Crippen molar-refractivity contribution in [3.63, 3.8) is 0 Å². The second-order valence-electron chi connectivity index (χ2n) is 3.90. The van der Waals surface area contributed by atoms with Gasteiger partial charge in [-0.15, -0.1) is 0 Å². The zero-order valence-corrected chi connectivity index (χ0v) is 10.9. The number of fused-ring (bicyclic) bond motifs is 1. The number of aromatic nitrogens is 1. The molecule has 0 saturated heterocycles.